The van der Waals surface area contributed by atoms with Gasteiger partial charge in [-0.05, 0) is 42.7 Å². The minimum atomic E-state index is -3.49. The average molecular weight is 542 g/mol. The topological polar surface area (TPSA) is 223 Å². The summed E-state index contributed by atoms with van der Waals surface area (Å²) in [5.41, 5.74) is 10.1. The molecule has 2 aromatic heterocycles. The summed E-state index contributed by atoms with van der Waals surface area (Å²) in [6.45, 7) is -0.240. The first kappa shape index (κ1) is 29.1. The van der Waals surface area contributed by atoms with E-state index in [4.69, 9.17) is 21.6 Å². The summed E-state index contributed by atoms with van der Waals surface area (Å²) in [6.07, 6.45) is 0.559. The van der Waals surface area contributed by atoms with E-state index in [-0.39, 0.29) is 36.8 Å². The van der Waals surface area contributed by atoms with E-state index < -0.39 is 40.1 Å². The number of nitrogens with one attached hydrogen (secondary N) is 4. The van der Waals surface area contributed by atoms with Gasteiger partial charge in [0.15, 0.2) is 0 Å². The van der Waals surface area contributed by atoms with Gasteiger partial charge in [-0.15, -0.1) is 11.3 Å². The van der Waals surface area contributed by atoms with Gasteiger partial charge in [-0.2, -0.15) is 0 Å². The van der Waals surface area contributed by atoms with E-state index in [2.05, 4.69) is 20.9 Å². The standard InChI is InChI=1S/C21H31N7O6S2/c1-34-20(31)28-21(6-8-36(2,32)33,10-13-5-7-25-16(22)9-13)19(30)27-12-17(29)26-11-14-3-4-15(35-14)18(23)24/h3-5,7,9,20,28,31H,6,8,10-12H2,1-2H3,(H2,22,25)(H3,23,24)(H,26,29)(H,27,30). The summed E-state index contributed by atoms with van der Waals surface area (Å²) < 4.78 is 28.7. The third-order valence-corrected chi connectivity index (χ3v) is 7.17. The number of aliphatic hydroxyl groups excluding tert-OH is 1. The van der Waals surface area contributed by atoms with Crippen LogP contribution in [-0.4, -0.2) is 73.8 Å². The van der Waals surface area contributed by atoms with Crippen molar-refractivity contribution < 1.29 is 27.9 Å². The van der Waals surface area contributed by atoms with Gasteiger partial charge in [0.25, 0.3) is 0 Å². The summed E-state index contributed by atoms with van der Waals surface area (Å²) >= 11 is 1.26. The highest BCUT2D eigenvalue weighted by Gasteiger charge is 2.41. The average Bonchev–Trinajstić information content (AvgIpc) is 3.28. The molecule has 0 aliphatic carbocycles. The Morgan fingerprint density at radius 2 is 2.03 bits per heavy atom. The molecule has 2 rings (SSSR count). The van der Waals surface area contributed by atoms with Crippen LogP contribution in [0.15, 0.2) is 30.5 Å². The summed E-state index contributed by atoms with van der Waals surface area (Å²) in [6, 6.07) is 6.52. The first-order valence-electron chi connectivity index (χ1n) is 10.7. The van der Waals surface area contributed by atoms with Gasteiger partial charge in [-0.25, -0.2) is 13.4 Å². The van der Waals surface area contributed by atoms with Crippen LogP contribution < -0.4 is 27.4 Å². The molecule has 0 fully saturated rings. The van der Waals surface area contributed by atoms with Crippen LogP contribution in [0.4, 0.5) is 5.82 Å². The lowest BCUT2D eigenvalue weighted by molar-refractivity contribution is -0.143. The van der Waals surface area contributed by atoms with Gasteiger partial charge in [-0.1, -0.05) is 0 Å². The number of sulfone groups is 1. The summed E-state index contributed by atoms with van der Waals surface area (Å²) in [4.78, 5) is 31.0. The molecular formula is C21H31N7O6S2. The van der Waals surface area contributed by atoms with Crippen molar-refractivity contribution in [3.05, 3.63) is 45.8 Å². The zero-order valence-electron chi connectivity index (χ0n) is 19.9. The van der Waals surface area contributed by atoms with Crippen LogP contribution in [0.1, 0.15) is 21.7 Å². The van der Waals surface area contributed by atoms with Crippen LogP contribution in [0.5, 0.6) is 0 Å². The number of amides is 2. The predicted molar refractivity (Wildman–Crippen MR) is 136 cm³/mol. The fraction of sp³-hybridized carbons (Fsp3) is 0.429. The lowest BCUT2D eigenvalue weighted by Gasteiger charge is -2.35. The van der Waals surface area contributed by atoms with E-state index in [0.717, 1.165) is 11.1 Å². The number of aromatic nitrogens is 1. The van der Waals surface area contributed by atoms with Gasteiger partial charge >= 0.3 is 0 Å². The number of methoxy groups -OCH3 is 1. The number of carbonyl (C=O) groups excluding carboxylic acids is 2. The Bertz CT molecular complexity index is 1190. The molecule has 0 saturated carbocycles. The van der Waals surface area contributed by atoms with Crippen LogP contribution in [0.3, 0.4) is 0 Å². The highest BCUT2D eigenvalue weighted by Crippen LogP contribution is 2.21. The Morgan fingerprint density at radius 1 is 1.31 bits per heavy atom. The van der Waals surface area contributed by atoms with Crippen LogP contribution in [0.2, 0.25) is 0 Å². The molecule has 2 heterocycles. The fourth-order valence-electron chi connectivity index (χ4n) is 3.27. The predicted octanol–water partition coefficient (Wildman–Crippen LogP) is -1.33. The minimum Gasteiger partial charge on any atom is -0.384 e. The van der Waals surface area contributed by atoms with E-state index in [0.29, 0.717) is 10.4 Å². The van der Waals surface area contributed by atoms with E-state index in [9.17, 15) is 23.1 Å². The van der Waals surface area contributed by atoms with Crippen molar-refractivity contribution in [1.82, 2.24) is 20.9 Å². The molecule has 2 aromatic rings. The van der Waals surface area contributed by atoms with Crippen LogP contribution in [0.25, 0.3) is 0 Å². The number of thiophene rings is 1. The van der Waals surface area contributed by atoms with E-state index in [1.165, 1.54) is 30.7 Å². The Balaban J connectivity index is 2.18. The molecule has 0 aliphatic rings. The second-order valence-corrected chi connectivity index (χ2v) is 11.5. The lowest BCUT2D eigenvalue weighted by atomic mass is 9.87. The van der Waals surface area contributed by atoms with Gasteiger partial charge in [-0.3, -0.25) is 20.3 Å². The molecule has 13 nitrogen and oxygen atoms in total. The van der Waals surface area contributed by atoms with Crippen molar-refractivity contribution in [2.75, 3.05) is 31.4 Å². The Morgan fingerprint density at radius 3 is 2.61 bits per heavy atom. The third kappa shape index (κ3) is 9.16. The van der Waals surface area contributed by atoms with Gasteiger partial charge in [0.05, 0.1) is 23.7 Å². The number of nitrogens with two attached hydrogens (primary N) is 2. The number of rotatable bonds is 14. The van der Waals surface area contributed by atoms with Crippen molar-refractivity contribution >= 4 is 44.6 Å². The van der Waals surface area contributed by atoms with Crippen LogP contribution in [0, 0.1) is 5.41 Å². The molecule has 0 radical (unpaired) electrons. The first-order chi connectivity index (χ1) is 16.8. The molecule has 9 N–H and O–H groups in total. The molecule has 198 valence electrons. The van der Waals surface area contributed by atoms with E-state index in [1.54, 1.807) is 18.2 Å². The van der Waals surface area contributed by atoms with Crippen molar-refractivity contribution in [2.45, 2.75) is 31.3 Å². The molecule has 2 atom stereocenters. The number of amidine groups is 1. The molecule has 2 amide bonds. The number of pyridine rings is 1. The number of ether oxygens (including phenoxy) is 1. The van der Waals surface area contributed by atoms with Crippen molar-refractivity contribution in [3.8, 4) is 0 Å². The maximum atomic E-state index is 13.4. The first-order valence-corrected chi connectivity index (χ1v) is 13.6. The minimum absolute atomic E-state index is 0.0722. The third-order valence-electron chi connectivity index (χ3n) is 5.11. The van der Waals surface area contributed by atoms with Gasteiger partial charge in [0, 0.05) is 24.4 Å². The zero-order chi connectivity index (χ0) is 26.9. The van der Waals surface area contributed by atoms with Crippen molar-refractivity contribution in [3.63, 3.8) is 0 Å². The highest BCUT2D eigenvalue weighted by molar-refractivity contribution is 7.90. The number of nitrogen functional groups attached to an aromatic ring is 2. The number of aliphatic hydroxyl groups is 1. The van der Waals surface area contributed by atoms with Crippen molar-refractivity contribution in [2.24, 2.45) is 5.73 Å². The van der Waals surface area contributed by atoms with Crippen LogP contribution >= 0.6 is 11.3 Å². The molecule has 0 aliphatic heterocycles. The number of carbonyl (C=O) groups is 2. The fourth-order valence-corrected chi connectivity index (χ4v) is 4.80. The Labute approximate surface area is 213 Å². The maximum Gasteiger partial charge on any atom is 0.241 e. The molecular weight excluding hydrogens is 510 g/mol. The van der Waals surface area contributed by atoms with Gasteiger partial charge in [0.1, 0.15) is 27.0 Å². The van der Waals surface area contributed by atoms with Crippen LogP contribution in [-0.2, 0) is 37.1 Å². The van der Waals surface area contributed by atoms with E-state index >= 15 is 0 Å². The SMILES string of the molecule is COC(O)NC(CCS(C)(=O)=O)(Cc1ccnc(N)c1)C(=O)NCC(=O)NCc1ccc(C(=N)N)s1. The molecule has 36 heavy (non-hydrogen) atoms. The van der Waals surface area contributed by atoms with Gasteiger partial charge < -0.3 is 31.9 Å². The normalized spacial score (nSPS) is 14.0. The van der Waals surface area contributed by atoms with E-state index in [1.807, 2.05) is 0 Å². The summed E-state index contributed by atoms with van der Waals surface area (Å²) in [5, 5.41) is 25.4. The van der Waals surface area contributed by atoms with Crippen molar-refractivity contribution in [1.29, 1.82) is 5.41 Å². The number of hydrogen-bond acceptors (Lipinski definition) is 11. The largest absolute Gasteiger partial charge is 0.384 e. The molecule has 0 bridgehead atoms. The quantitative estimate of drug-likeness (QED) is 0.0847. The smallest absolute Gasteiger partial charge is 0.241 e. The number of hydrogen-bond donors (Lipinski definition) is 7. The summed E-state index contributed by atoms with van der Waals surface area (Å²) in [7, 11) is -2.28. The molecule has 15 heteroatoms. The van der Waals surface area contributed by atoms with Gasteiger partial charge in [0.2, 0.25) is 18.2 Å². The number of nitrogens with zero attached hydrogens (tertiary/aromatic N) is 1. The molecule has 0 spiro atoms. The second-order valence-electron chi connectivity index (χ2n) is 8.10. The lowest BCUT2D eigenvalue weighted by Crippen LogP contribution is -2.63. The Hall–Kier alpha value is -3.11. The molecule has 0 saturated heterocycles. The summed E-state index contributed by atoms with van der Waals surface area (Å²) in [5.74, 6) is -1.48. The molecule has 0 aromatic carbocycles. The Kier molecular flexibility index (Phi) is 10.3. The molecule has 2 unspecified atom stereocenters. The number of anilines is 1. The second kappa shape index (κ2) is 12.7. The monoisotopic (exact) mass is 541 g/mol. The highest BCUT2D eigenvalue weighted by atomic mass is 32.2. The maximum absolute atomic E-state index is 13.4. The zero-order valence-corrected chi connectivity index (χ0v) is 21.5.